The number of nitrogens with two attached hydrogens (primary N) is 1. The van der Waals surface area contributed by atoms with Crippen LogP contribution >= 0.6 is 0 Å². The molecule has 2 N–H and O–H groups in total. The lowest BCUT2D eigenvalue weighted by atomic mass is 10.1. The van der Waals surface area contributed by atoms with Gasteiger partial charge in [0.05, 0.1) is 17.1 Å². The molecule has 7 heteroatoms. The van der Waals surface area contributed by atoms with Gasteiger partial charge in [-0.2, -0.15) is 5.10 Å². The number of aryl methyl sites for hydroxylation is 1. The number of anilines is 1. The van der Waals surface area contributed by atoms with Crippen molar-refractivity contribution in [3.8, 4) is 5.69 Å². The van der Waals surface area contributed by atoms with Gasteiger partial charge in [-0.25, -0.2) is 9.67 Å². The van der Waals surface area contributed by atoms with E-state index in [1.807, 2.05) is 55.5 Å². The Balaban J connectivity index is 1.75. The highest BCUT2D eigenvalue weighted by molar-refractivity contribution is 6.08. The van der Waals surface area contributed by atoms with Crippen LogP contribution in [0.1, 0.15) is 17.7 Å². The van der Waals surface area contributed by atoms with Crippen LogP contribution in [0, 0.1) is 6.92 Å². The fourth-order valence-electron chi connectivity index (χ4n) is 3.27. The summed E-state index contributed by atoms with van der Waals surface area (Å²) in [5.74, 6) is 0.126. The van der Waals surface area contributed by atoms with E-state index < -0.39 is 0 Å². The van der Waals surface area contributed by atoms with E-state index in [4.69, 9.17) is 5.73 Å². The van der Waals surface area contributed by atoms with E-state index in [1.54, 1.807) is 21.9 Å². The number of nitrogens with zero attached hydrogens (tertiary/aromatic N) is 4. The van der Waals surface area contributed by atoms with Crippen molar-refractivity contribution in [1.82, 2.24) is 9.78 Å². The summed E-state index contributed by atoms with van der Waals surface area (Å²) in [5, 5.41) is 4.53. The highest BCUT2D eigenvalue weighted by atomic mass is 16.2. The Hall–Kier alpha value is -4.00. The van der Waals surface area contributed by atoms with Crippen molar-refractivity contribution in [2.45, 2.75) is 13.3 Å². The first-order chi connectivity index (χ1) is 14.6. The molecule has 150 valence electrons. The minimum Gasteiger partial charge on any atom is -0.405 e. The Labute approximate surface area is 173 Å². The summed E-state index contributed by atoms with van der Waals surface area (Å²) < 4.78 is 1.64. The van der Waals surface area contributed by atoms with Gasteiger partial charge in [-0.05, 0) is 55.1 Å². The van der Waals surface area contributed by atoms with Gasteiger partial charge in [-0.3, -0.25) is 9.59 Å². The minimum atomic E-state index is -0.250. The van der Waals surface area contributed by atoms with Gasteiger partial charge in [-0.1, -0.05) is 18.2 Å². The minimum absolute atomic E-state index is 0.126. The van der Waals surface area contributed by atoms with Crippen molar-refractivity contribution < 1.29 is 4.79 Å². The zero-order chi connectivity index (χ0) is 21.1. The molecule has 0 atom stereocenters. The average Bonchev–Trinajstić information content (AvgIpc) is 2.74. The molecule has 30 heavy (non-hydrogen) atoms. The first-order valence-corrected chi connectivity index (χ1v) is 9.60. The standard InChI is InChI=1S/C23H21N5O2/c1-16-15-18(27-13-11-22(27)30)7-8-20(16)28-14-10-21(29)23(26-28)19(9-12-24)25-17-5-3-2-4-6-17/h2-10,12,14-15H,11,13,24H2,1H3. The Kier molecular flexibility index (Phi) is 5.26. The Bertz CT molecular complexity index is 1210. The summed E-state index contributed by atoms with van der Waals surface area (Å²) in [6.07, 6.45) is 5.11. The average molecular weight is 399 g/mol. The smallest absolute Gasteiger partial charge is 0.228 e. The molecule has 1 fully saturated rings. The summed E-state index contributed by atoms with van der Waals surface area (Å²) in [6, 6.07) is 16.5. The first kappa shape index (κ1) is 19.3. The van der Waals surface area contributed by atoms with Gasteiger partial charge in [0.25, 0.3) is 0 Å². The Morgan fingerprint density at radius 3 is 2.57 bits per heavy atom. The molecule has 0 radical (unpaired) electrons. The first-order valence-electron chi connectivity index (χ1n) is 9.60. The van der Waals surface area contributed by atoms with Crippen molar-refractivity contribution in [3.63, 3.8) is 0 Å². The molecule has 1 amide bonds. The lowest BCUT2D eigenvalue weighted by Gasteiger charge is -2.31. The number of amides is 1. The number of aliphatic imine (C=N–C) groups is 1. The SMILES string of the molecule is Cc1cc(N2CCC2=O)ccc1-n1ccc(=O)c(C(C=CN)=Nc2ccccc2)n1. The van der Waals surface area contributed by atoms with E-state index in [2.05, 4.69) is 10.1 Å². The molecule has 1 aromatic heterocycles. The predicted molar refractivity (Wildman–Crippen MR) is 118 cm³/mol. The molecule has 0 aliphatic carbocycles. The summed E-state index contributed by atoms with van der Waals surface area (Å²) in [6.45, 7) is 2.68. The molecule has 0 spiro atoms. The number of hydrogen-bond donors (Lipinski definition) is 1. The van der Waals surface area contributed by atoms with Crippen LogP contribution in [-0.2, 0) is 4.79 Å². The quantitative estimate of drug-likeness (QED) is 0.527. The molecule has 1 aliphatic rings. The Morgan fingerprint density at radius 1 is 1.13 bits per heavy atom. The number of carbonyl (C=O) groups excluding carboxylic acids is 1. The largest absolute Gasteiger partial charge is 0.405 e. The second kappa shape index (κ2) is 8.16. The molecule has 0 saturated carbocycles. The number of carbonyl (C=O) groups is 1. The van der Waals surface area contributed by atoms with Crippen LogP contribution in [0.15, 0.2) is 82.9 Å². The normalized spacial score (nSPS) is 14.2. The zero-order valence-electron chi connectivity index (χ0n) is 16.5. The van der Waals surface area contributed by atoms with E-state index >= 15 is 0 Å². The van der Waals surface area contributed by atoms with Crippen molar-refractivity contribution in [1.29, 1.82) is 0 Å². The number of benzene rings is 2. The number of hydrogen-bond acceptors (Lipinski definition) is 5. The number of aromatic nitrogens is 2. The molecule has 7 nitrogen and oxygen atoms in total. The van der Waals surface area contributed by atoms with Crippen molar-refractivity contribution in [2.24, 2.45) is 10.7 Å². The molecule has 3 aromatic rings. The van der Waals surface area contributed by atoms with Crippen LogP contribution in [0.25, 0.3) is 5.69 Å². The lowest BCUT2D eigenvalue weighted by Crippen LogP contribution is -2.43. The van der Waals surface area contributed by atoms with Crippen LogP contribution in [0.2, 0.25) is 0 Å². The lowest BCUT2D eigenvalue weighted by molar-refractivity contribution is -0.122. The third-order valence-corrected chi connectivity index (χ3v) is 4.90. The maximum absolute atomic E-state index is 12.5. The van der Waals surface area contributed by atoms with Crippen molar-refractivity contribution >= 4 is 23.0 Å². The molecule has 1 saturated heterocycles. The second-order valence-electron chi connectivity index (χ2n) is 6.93. The predicted octanol–water partition coefficient (Wildman–Crippen LogP) is 2.87. The van der Waals surface area contributed by atoms with Gasteiger partial charge < -0.3 is 10.6 Å². The molecule has 1 aliphatic heterocycles. The van der Waals surface area contributed by atoms with Crippen molar-refractivity contribution in [3.05, 3.63) is 94.6 Å². The highest BCUT2D eigenvalue weighted by Crippen LogP contribution is 2.25. The third-order valence-electron chi connectivity index (χ3n) is 4.90. The van der Waals surface area contributed by atoms with Gasteiger partial charge in [0, 0.05) is 30.9 Å². The molecular formula is C23H21N5O2. The maximum Gasteiger partial charge on any atom is 0.228 e. The third kappa shape index (κ3) is 3.77. The number of para-hydroxylation sites is 1. The topological polar surface area (TPSA) is 93.6 Å². The van der Waals surface area contributed by atoms with Crippen LogP contribution in [0.4, 0.5) is 11.4 Å². The number of rotatable bonds is 5. The summed E-state index contributed by atoms with van der Waals surface area (Å²) in [4.78, 5) is 30.5. The summed E-state index contributed by atoms with van der Waals surface area (Å²) in [5.41, 5.74) is 9.22. The Morgan fingerprint density at radius 2 is 1.93 bits per heavy atom. The van der Waals surface area contributed by atoms with E-state index in [1.165, 1.54) is 12.3 Å². The zero-order valence-corrected chi connectivity index (χ0v) is 16.5. The van der Waals surface area contributed by atoms with Crippen LogP contribution in [0.3, 0.4) is 0 Å². The summed E-state index contributed by atoms with van der Waals surface area (Å²) in [7, 11) is 0. The van der Waals surface area contributed by atoms with Crippen molar-refractivity contribution in [2.75, 3.05) is 11.4 Å². The van der Waals surface area contributed by atoms with Gasteiger partial charge in [0.15, 0.2) is 5.69 Å². The monoisotopic (exact) mass is 399 g/mol. The fourth-order valence-corrected chi connectivity index (χ4v) is 3.27. The fraction of sp³-hybridized carbons (Fsp3) is 0.130. The van der Waals surface area contributed by atoms with E-state index in [0.717, 1.165) is 23.5 Å². The maximum atomic E-state index is 12.5. The molecule has 4 rings (SSSR count). The molecule has 2 heterocycles. The molecule has 2 aromatic carbocycles. The van der Waals surface area contributed by atoms with E-state index in [0.29, 0.717) is 17.8 Å². The van der Waals surface area contributed by atoms with Crippen LogP contribution in [-0.4, -0.2) is 27.9 Å². The van der Waals surface area contributed by atoms with Gasteiger partial charge in [-0.15, -0.1) is 0 Å². The van der Waals surface area contributed by atoms with Gasteiger partial charge in [0.2, 0.25) is 11.3 Å². The van der Waals surface area contributed by atoms with E-state index in [9.17, 15) is 9.59 Å². The highest BCUT2D eigenvalue weighted by Gasteiger charge is 2.25. The van der Waals surface area contributed by atoms with Gasteiger partial charge in [0.1, 0.15) is 0 Å². The van der Waals surface area contributed by atoms with Crippen LogP contribution in [0.5, 0.6) is 0 Å². The number of β-lactam (4-membered cyclic amide) rings is 1. The summed E-state index contributed by atoms with van der Waals surface area (Å²) >= 11 is 0. The van der Waals surface area contributed by atoms with Crippen LogP contribution < -0.4 is 16.1 Å². The number of allylic oxidation sites excluding steroid dienone is 1. The molecule has 0 unspecified atom stereocenters. The van der Waals surface area contributed by atoms with E-state index in [-0.39, 0.29) is 17.0 Å². The molecular weight excluding hydrogens is 378 g/mol. The van der Waals surface area contributed by atoms with Gasteiger partial charge >= 0.3 is 0 Å². The second-order valence-corrected chi connectivity index (χ2v) is 6.93. The molecule has 0 bridgehead atoms.